The Kier molecular flexibility index (Phi) is 3.58. The minimum atomic E-state index is 0.142. The summed E-state index contributed by atoms with van der Waals surface area (Å²) in [7, 11) is 1.63. The van der Waals surface area contributed by atoms with Gasteiger partial charge in [-0.05, 0) is 37.1 Å². The minimum absolute atomic E-state index is 0.142. The van der Waals surface area contributed by atoms with Gasteiger partial charge in [-0.25, -0.2) is 0 Å². The van der Waals surface area contributed by atoms with Gasteiger partial charge in [-0.1, -0.05) is 11.6 Å². The maximum absolute atomic E-state index is 5.89. The molecule has 0 bridgehead atoms. The second-order valence-electron chi connectivity index (χ2n) is 3.18. The number of methoxy groups -OCH3 is 1. The summed E-state index contributed by atoms with van der Waals surface area (Å²) in [4.78, 5) is 0. The average molecular weight is 200 g/mol. The predicted molar refractivity (Wildman–Crippen MR) is 55.4 cm³/mol. The molecule has 1 aromatic carbocycles. The van der Waals surface area contributed by atoms with Gasteiger partial charge >= 0.3 is 0 Å². The summed E-state index contributed by atoms with van der Waals surface area (Å²) in [5.74, 6) is 0.781. The molecule has 0 aliphatic heterocycles. The van der Waals surface area contributed by atoms with Gasteiger partial charge in [0.15, 0.2) is 0 Å². The third-order valence-corrected chi connectivity index (χ3v) is 1.94. The zero-order chi connectivity index (χ0) is 9.84. The molecule has 0 aliphatic rings. The number of rotatable bonds is 3. The Morgan fingerprint density at radius 1 is 1.46 bits per heavy atom. The van der Waals surface area contributed by atoms with Crippen molar-refractivity contribution in [1.82, 2.24) is 0 Å². The zero-order valence-corrected chi connectivity index (χ0v) is 8.64. The van der Waals surface area contributed by atoms with Crippen LogP contribution in [0.4, 0.5) is 0 Å². The van der Waals surface area contributed by atoms with Crippen molar-refractivity contribution in [2.75, 3.05) is 7.11 Å². The molecule has 2 nitrogen and oxygen atoms in total. The average Bonchev–Trinajstić information content (AvgIpc) is 2.01. The molecular formula is C10H14ClNO. The first-order chi connectivity index (χ1) is 6.11. The molecule has 0 aliphatic carbocycles. The monoisotopic (exact) mass is 199 g/mol. The van der Waals surface area contributed by atoms with Crippen LogP contribution in [0.15, 0.2) is 18.2 Å². The van der Waals surface area contributed by atoms with Crippen LogP contribution in [-0.4, -0.2) is 13.2 Å². The van der Waals surface area contributed by atoms with Crippen molar-refractivity contribution in [2.45, 2.75) is 19.4 Å². The Morgan fingerprint density at radius 2 is 2.15 bits per heavy atom. The third-order valence-electron chi connectivity index (χ3n) is 1.72. The number of ether oxygens (including phenoxy) is 1. The summed E-state index contributed by atoms with van der Waals surface area (Å²) in [6, 6.07) is 5.79. The number of halogens is 1. The molecule has 2 N–H and O–H groups in total. The molecule has 0 heterocycles. The Bertz CT molecular complexity index is 286. The van der Waals surface area contributed by atoms with E-state index in [9.17, 15) is 0 Å². The highest BCUT2D eigenvalue weighted by Crippen LogP contribution is 2.21. The van der Waals surface area contributed by atoms with Crippen LogP contribution in [0.5, 0.6) is 5.75 Å². The van der Waals surface area contributed by atoms with E-state index in [0.717, 1.165) is 17.7 Å². The lowest BCUT2D eigenvalue weighted by Gasteiger charge is -2.07. The van der Waals surface area contributed by atoms with Crippen LogP contribution in [0.1, 0.15) is 12.5 Å². The van der Waals surface area contributed by atoms with Crippen LogP contribution in [0, 0.1) is 0 Å². The predicted octanol–water partition coefficient (Wildman–Crippen LogP) is 2.24. The SMILES string of the molecule is COc1cc(Cl)cc(C[C@H](C)N)c1. The first kappa shape index (κ1) is 10.4. The molecular weight excluding hydrogens is 186 g/mol. The van der Waals surface area contributed by atoms with Crippen molar-refractivity contribution in [3.63, 3.8) is 0 Å². The van der Waals surface area contributed by atoms with Crippen molar-refractivity contribution in [1.29, 1.82) is 0 Å². The highest BCUT2D eigenvalue weighted by molar-refractivity contribution is 6.30. The molecule has 0 saturated carbocycles. The number of hydrogen-bond donors (Lipinski definition) is 1. The molecule has 13 heavy (non-hydrogen) atoms. The standard InChI is InChI=1S/C10H14ClNO/c1-7(12)3-8-4-9(11)6-10(5-8)13-2/h4-7H,3,12H2,1-2H3/t7-/m0/s1. The molecule has 0 saturated heterocycles. The number of nitrogens with two attached hydrogens (primary N) is 1. The fourth-order valence-corrected chi connectivity index (χ4v) is 1.48. The van der Waals surface area contributed by atoms with Gasteiger partial charge in [-0.3, -0.25) is 0 Å². The largest absolute Gasteiger partial charge is 0.497 e. The van der Waals surface area contributed by atoms with E-state index in [2.05, 4.69) is 0 Å². The fraction of sp³-hybridized carbons (Fsp3) is 0.400. The van der Waals surface area contributed by atoms with Gasteiger partial charge in [-0.2, -0.15) is 0 Å². The topological polar surface area (TPSA) is 35.2 Å². The van der Waals surface area contributed by atoms with E-state index in [-0.39, 0.29) is 6.04 Å². The third kappa shape index (κ3) is 3.25. The smallest absolute Gasteiger partial charge is 0.120 e. The lowest BCUT2D eigenvalue weighted by Crippen LogP contribution is -2.17. The summed E-state index contributed by atoms with van der Waals surface area (Å²) in [6.07, 6.45) is 0.816. The molecule has 1 rings (SSSR count). The molecule has 1 atom stereocenters. The summed E-state index contributed by atoms with van der Waals surface area (Å²) in [6.45, 7) is 1.97. The molecule has 3 heteroatoms. The van der Waals surface area contributed by atoms with Gasteiger partial charge in [0.1, 0.15) is 5.75 Å². The van der Waals surface area contributed by atoms with E-state index in [1.165, 1.54) is 0 Å². The van der Waals surface area contributed by atoms with Gasteiger partial charge in [-0.15, -0.1) is 0 Å². The van der Waals surface area contributed by atoms with E-state index in [4.69, 9.17) is 22.1 Å². The molecule has 1 aromatic rings. The highest BCUT2D eigenvalue weighted by atomic mass is 35.5. The first-order valence-electron chi connectivity index (χ1n) is 4.21. The van der Waals surface area contributed by atoms with Crippen molar-refractivity contribution in [2.24, 2.45) is 5.73 Å². The zero-order valence-electron chi connectivity index (χ0n) is 7.88. The van der Waals surface area contributed by atoms with Crippen LogP contribution in [0.2, 0.25) is 5.02 Å². The highest BCUT2D eigenvalue weighted by Gasteiger charge is 2.02. The maximum atomic E-state index is 5.89. The quantitative estimate of drug-likeness (QED) is 0.811. The van der Waals surface area contributed by atoms with E-state index in [1.807, 2.05) is 19.1 Å². The molecule has 0 amide bonds. The molecule has 0 unspecified atom stereocenters. The van der Waals surface area contributed by atoms with Gasteiger partial charge in [0.05, 0.1) is 7.11 Å². The summed E-state index contributed by atoms with van der Waals surface area (Å²) in [5, 5.41) is 0.690. The molecule has 0 fully saturated rings. The lowest BCUT2D eigenvalue weighted by atomic mass is 10.1. The van der Waals surface area contributed by atoms with Gasteiger partial charge in [0.25, 0.3) is 0 Å². The van der Waals surface area contributed by atoms with Gasteiger partial charge in [0, 0.05) is 11.1 Å². The summed E-state index contributed by atoms with van der Waals surface area (Å²) >= 11 is 5.89. The second kappa shape index (κ2) is 4.49. The van der Waals surface area contributed by atoms with Crippen LogP contribution >= 0.6 is 11.6 Å². The maximum Gasteiger partial charge on any atom is 0.120 e. The number of hydrogen-bond acceptors (Lipinski definition) is 2. The normalized spacial score (nSPS) is 12.6. The van der Waals surface area contributed by atoms with Gasteiger partial charge in [0.2, 0.25) is 0 Å². The molecule has 0 aromatic heterocycles. The van der Waals surface area contributed by atoms with E-state index >= 15 is 0 Å². The van der Waals surface area contributed by atoms with Crippen LogP contribution < -0.4 is 10.5 Å². The summed E-state index contributed by atoms with van der Waals surface area (Å²) in [5.41, 5.74) is 6.79. The van der Waals surface area contributed by atoms with E-state index in [0.29, 0.717) is 5.02 Å². The Balaban J connectivity index is 2.88. The fourth-order valence-electron chi connectivity index (χ4n) is 1.23. The van der Waals surface area contributed by atoms with Crippen molar-refractivity contribution in [3.8, 4) is 5.75 Å². The first-order valence-corrected chi connectivity index (χ1v) is 4.58. The van der Waals surface area contributed by atoms with Crippen LogP contribution in [0.25, 0.3) is 0 Å². The lowest BCUT2D eigenvalue weighted by molar-refractivity contribution is 0.414. The van der Waals surface area contributed by atoms with E-state index in [1.54, 1.807) is 13.2 Å². The Hall–Kier alpha value is -0.730. The van der Waals surface area contributed by atoms with E-state index < -0.39 is 0 Å². The number of benzene rings is 1. The minimum Gasteiger partial charge on any atom is -0.497 e. The molecule has 72 valence electrons. The molecule has 0 radical (unpaired) electrons. The summed E-state index contributed by atoms with van der Waals surface area (Å²) < 4.78 is 5.09. The van der Waals surface area contributed by atoms with Crippen LogP contribution in [-0.2, 0) is 6.42 Å². The van der Waals surface area contributed by atoms with Crippen LogP contribution in [0.3, 0.4) is 0 Å². The van der Waals surface area contributed by atoms with Crippen molar-refractivity contribution in [3.05, 3.63) is 28.8 Å². The van der Waals surface area contributed by atoms with Crippen molar-refractivity contribution >= 4 is 11.6 Å². The van der Waals surface area contributed by atoms with Crippen molar-refractivity contribution < 1.29 is 4.74 Å². The van der Waals surface area contributed by atoms with Gasteiger partial charge < -0.3 is 10.5 Å². The Labute approximate surface area is 83.6 Å². The Morgan fingerprint density at radius 3 is 2.69 bits per heavy atom. The molecule has 0 spiro atoms. The second-order valence-corrected chi connectivity index (χ2v) is 3.62.